The van der Waals surface area contributed by atoms with E-state index in [0.29, 0.717) is 24.7 Å². The largest absolute Gasteiger partial charge is 0.481 e. The van der Waals surface area contributed by atoms with Crippen molar-refractivity contribution in [3.63, 3.8) is 0 Å². The van der Waals surface area contributed by atoms with E-state index >= 15 is 0 Å². The number of hydrogen-bond donors (Lipinski definition) is 1. The summed E-state index contributed by atoms with van der Waals surface area (Å²) in [5, 5.41) is 5.04. The highest BCUT2D eigenvalue weighted by molar-refractivity contribution is 5.85. The minimum absolute atomic E-state index is 0.296. The molecule has 3 rings (SSSR count). The van der Waals surface area contributed by atoms with Gasteiger partial charge in [-0.25, -0.2) is 9.67 Å². The summed E-state index contributed by atoms with van der Waals surface area (Å²) in [5.41, 5.74) is 6.49. The van der Waals surface area contributed by atoms with Crippen molar-refractivity contribution in [1.82, 2.24) is 14.8 Å². The molecule has 104 valence electrons. The molecule has 3 aromatic rings. The zero-order valence-electron chi connectivity index (χ0n) is 11.2. The summed E-state index contributed by atoms with van der Waals surface area (Å²) in [6.07, 6.45) is 1.53. The molecule has 20 heavy (non-hydrogen) atoms. The zero-order chi connectivity index (χ0) is 13.9. The molecular formula is C14H16N4O2. The molecule has 0 aliphatic carbocycles. The van der Waals surface area contributed by atoms with E-state index in [1.807, 2.05) is 31.2 Å². The molecular weight excluding hydrogens is 256 g/mol. The zero-order valence-corrected chi connectivity index (χ0v) is 11.2. The number of rotatable bonds is 5. The summed E-state index contributed by atoms with van der Waals surface area (Å²) in [5.74, 6) is 2.11. The quantitative estimate of drug-likeness (QED) is 0.769. The minimum atomic E-state index is 0.296. The molecule has 0 bridgehead atoms. The number of para-hydroxylation sites is 1. The minimum Gasteiger partial charge on any atom is -0.481 e. The first-order valence-electron chi connectivity index (χ1n) is 6.53. The second-order valence-electron chi connectivity index (χ2n) is 4.34. The van der Waals surface area contributed by atoms with Gasteiger partial charge in [-0.3, -0.25) is 0 Å². The second-order valence-corrected chi connectivity index (χ2v) is 4.34. The van der Waals surface area contributed by atoms with E-state index in [-0.39, 0.29) is 0 Å². The van der Waals surface area contributed by atoms with E-state index < -0.39 is 0 Å². The lowest BCUT2D eigenvalue weighted by atomic mass is 10.2. The van der Waals surface area contributed by atoms with Gasteiger partial charge in [-0.05, 0) is 19.1 Å². The Hall–Kier alpha value is -2.34. The lowest BCUT2D eigenvalue weighted by molar-refractivity contribution is 0.281. The summed E-state index contributed by atoms with van der Waals surface area (Å²) >= 11 is 0. The molecule has 0 amide bonds. The standard InChI is InChI=1S/C14H16N4O2/c1-2-18-13(16-9-17-18)8-19-14-10-5-3-4-6-11(10)20-12(14)7-15/h3-6,9H,2,7-8,15H2,1H3. The van der Waals surface area contributed by atoms with Crippen LogP contribution in [-0.2, 0) is 19.7 Å². The molecule has 2 heterocycles. The Morgan fingerprint density at radius 2 is 2.20 bits per heavy atom. The highest BCUT2D eigenvalue weighted by Gasteiger charge is 2.15. The molecule has 0 aliphatic heterocycles. The van der Waals surface area contributed by atoms with Crippen molar-refractivity contribution in [1.29, 1.82) is 0 Å². The van der Waals surface area contributed by atoms with Gasteiger partial charge in [0.2, 0.25) is 0 Å². The van der Waals surface area contributed by atoms with Crippen LogP contribution < -0.4 is 10.5 Å². The van der Waals surface area contributed by atoms with Crippen LogP contribution in [0.5, 0.6) is 5.75 Å². The number of benzene rings is 1. The summed E-state index contributed by atoms with van der Waals surface area (Å²) < 4.78 is 13.3. The molecule has 0 unspecified atom stereocenters. The van der Waals surface area contributed by atoms with Crippen molar-refractivity contribution in [3.8, 4) is 5.75 Å². The maximum absolute atomic E-state index is 5.87. The molecule has 6 heteroatoms. The van der Waals surface area contributed by atoms with Crippen LogP contribution in [0.1, 0.15) is 18.5 Å². The van der Waals surface area contributed by atoms with E-state index in [2.05, 4.69) is 10.1 Å². The Kier molecular flexibility index (Phi) is 3.39. The summed E-state index contributed by atoms with van der Waals surface area (Å²) in [4.78, 5) is 4.19. The van der Waals surface area contributed by atoms with Crippen molar-refractivity contribution >= 4 is 11.0 Å². The fraction of sp³-hybridized carbons (Fsp3) is 0.286. The first kappa shape index (κ1) is 12.7. The Bertz CT molecular complexity index is 717. The topological polar surface area (TPSA) is 79.1 Å². The predicted molar refractivity (Wildman–Crippen MR) is 74.1 cm³/mol. The van der Waals surface area contributed by atoms with Crippen molar-refractivity contribution in [2.24, 2.45) is 5.73 Å². The number of nitrogens with two attached hydrogens (primary N) is 1. The van der Waals surface area contributed by atoms with Crippen LogP contribution in [0.25, 0.3) is 11.0 Å². The van der Waals surface area contributed by atoms with Gasteiger partial charge in [0.25, 0.3) is 0 Å². The summed E-state index contributed by atoms with van der Waals surface area (Å²) in [6.45, 7) is 3.40. The molecule has 0 fully saturated rings. The normalized spacial score (nSPS) is 11.1. The third-order valence-electron chi connectivity index (χ3n) is 3.14. The number of aromatic nitrogens is 3. The van der Waals surface area contributed by atoms with E-state index in [1.54, 1.807) is 4.68 Å². The Morgan fingerprint density at radius 1 is 1.35 bits per heavy atom. The van der Waals surface area contributed by atoms with Crippen LogP contribution in [-0.4, -0.2) is 14.8 Å². The van der Waals surface area contributed by atoms with Crippen LogP contribution in [0, 0.1) is 0 Å². The molecule has 0 spiro atoms. The molecule has 2 aromatic heterocycles. The lowest BCUT2D eigenvalue weighted by Crippen LogP contribution is -2.08. The van der Waals surface area contributed by atoms with Crippen LogP contribution in [0.4, 0.5) is 0 Å². The molecule has 0 saturated carbocycles. The van der Waals surface area contributed by atoms with E-state index in [1.165, 1.54) is 6.33 Å². The Balaban J connectivity index is 1.90. The molecule has 0 aliphatic rings. The van der Waals surface area contributed by atoms with Gasteiger partial charge in [-0.15, -0.1) is 0 Å². The SMILES string of the molecule is CCn1ncnc1COc1c(CN)oc2ccccc12. The molecule has 0 saturated heterocycles. The second kappa shape index (κ2) is 5.34. The van der Waals surface area contributed by atoms with E-state index in [0.717, 1.165) is 23.3 Å². The molecule has 6 nitrogen and oxygen atoms in total. The summed E-state index contributed by atoms with van der Waals surface area (Å²) in [7, 11) is 0. The van der Waals surface area contributed by atoms with Crippen LogP contribution in [0.2, 0.25) is 0 Å². The van der Waals surface area contributed by atoms with Gasteiger partial charge >= 0.3 is 0 Å². The van der Waals surface area contributed by atoms with Gasteiger partial charge in [0.05, 0.1) is 11.9 Å². The number of ether oxygens (including phenoxy) is 1. The van der Waals surface area contributed by atoms with Crippen molar-refractivity contribution in [2.45, 2.75) is 26.6 Å². The van der Waals surface area contributed by atoms with Crippen LogP contribution in [0.15, 0.2) is 35.0 Å². The molecule has 0 radical (unpaired) electrons. The van der Waals surface area contributed by atoms with Crippen molar-refractivity contribution < 1.29 is 9.15 Å². The third-order valence-corrected chi connectivity index (χ3v) is 3.14. The average Bonchev–Trinajstić information content (AvgIpc) is 3.08. The molecule has 2 N–H and O–H groups in total. The van der Waals surface area contributed by atoms with Crippen LogP contribution in [0.3, 0.4) is 0 Å². The van der Waals surface area contributed by atoms with Crippen molar-refractivity contribution in [3.05, 3.63) is 42.2 Å². The lowest BCUT2D eigenvalue weighted by Gasteiger charge is -2.06. The number of nitrogens with zero attached hydrogens (tertiary/aromatic N) is 3. The Labute approximate surface area is 116 Å². The first-order valence-corrected chi connectivity index (χ1v) is 6.53. The number of hydrogen-bond acceptors (Lipinski definition) is 5. The highest BCUT2D eigenvalue weighted by Crippen LogP contribution is 2.33. The predicted octanol–water partition coefficient (Wildman–Crippen LogP) is 2.08. The van der Waals surface area contributed by atoms with Gasteiger partial charge in [0.1, 0.15) is 18.5 Å². The summed E-state index contributed by atoms with van der Waals surface area (Å²) in [6, 6.07) is 7.72. The van der Waals surface area contributed by atoms with Gasteiger partial charge in [0.15, 0.2) is 17.3 Å². The van der Waals surface area contributed by atoms with Crippen molar-refractivity contribution in [2.75, 3.05) is 0 Å². The number of fused-ring (bicyclic) bond motifs is 1. The van der Waals surface area contributed by atoms with Crippen LogP contribution >= 0.6 is 0 Å². The van der Waals surface area contributed by atoms with E-state index in [9.17, 15) is 0 Å². The first-order chi connectivity index (χ1) is 9.83. The third kappa shape index (κ3) is 2.14. The van der Waals surface area contributed by atoms with Gasteiger partial charge in [-0.2, -0.15) is 5.10 Å². The smallest absolute Gasteiger partial charge is 0.170 e. The van der Waals surface area contributed by atoms with Gasteiger partial charge < -0.3 is 14.9 Å². The van der Waals surface area contributed by atoms with Gasteiger partial charge in [-0.1, -0.05) is 12.1 Å². The fourth-order valence-corrected chi connectivity index (χ4v) is 2.17. The molecule has 0 atom stereocenters. The number of aryl methyl sites for hydroxylation is 1. The monoisotopic (exact) mass is 272 g/mol. The Morgan fingerprint density at radius 3 is 3.00 bits per heavy atom. The maximum Gasteiger partial charge on any atom is 0.170 e. The van der Waals surface area contributed by atoms with E-state index in [4.69, 9.17) is 14.9 Å². The maximum atomic E-state index is 5.87. The highest BCUT2D eigenvalue weighted by atomic mass is 16.5. The fourth-order valence-electron chi connectivity index (χ4n) is 2.17. The molecule has 1 aromatic carbocycles. The average molecular weight is 272 g/mol. The van der Waals surface area contributed by atoms with Gasteiger partial charge in [0, 0.05) is 6.54 Å². The number of furan rings is 1.